The first-order valence-corrected chi connectivity index (χ1v) is 12.9. The molecule has 1 aliphatic rings. The molecule has 0 bridgehead atoms. The van der Waals surface area contributed by atoms with E-state index in [1.165, 1.54) is 18.2 Å². The van der Waals surface area contributed by atoms with Gasteiger partial charge in [0.15, 0.2) is 0 Å². The average molecular weight is 541 g/mol. The van der Waals surface area contributed by atoms with Crippen molar-refractivity contribution in [3.05, 3.63) is 63.4 Å². The first kappa shape index (κ1) is 26.0. The van der Waals surface area contributed by atoms with Crippen molar-refractivity contribution in [3.8, 4) is 0 Å². The molecule has 3 aromatic heterocycles. The third kappa shape index (κ3) is 5.05. The number of fused-ring (bicyclic) bond motifs is 3. The maximum Gasteiger partial charge on any atom is 0.407 e. The van der Waals surface area contributed by atoms with Gasteiger partial charge >= 0.3 is 6.09 Å². The molecule has 5 rings (SSSR count). The number of rotatable bonds is 4. The second-order valence-corrected chi connectivity index (χ2v) is 11.0. The van der Waals surface area contributed by atoms with E-state index in [0.29, 0.717) is 46.2 Å². The van der Waals surface area contributed by atoms with Crippen molar-refractivity contribution in [2.45, 2.75) is 51.8 Å². The van der Waals surface area contributed by atoms with E-state index in [2.05, 4.69) is 10.3 Å². The Morgan fingerprint density at radius 1 is 1.29 bits per heavy atom. The monoisotopic (exact) mass is 540 g/mol. The molecule has 200 valence electrons. The van der Waals surface area contributed by atoms with Crippen molar-refractivity contribution in [3.63, 3.8) is 0 Å². The Hall–Kier alpha value is -3.66. The quantitative estimate of drug-likeness (QED) is 0.406. The molecule has 0 saturated carbocycles. The number of carbonyl (C=O) groups excluding carboxylic acids is 1. The number of amides is 1. The van der Waals surface area contributed by atoms with Crippen LogP contribution in [0.4, 0.5) is 15.1 Å². The topological polar surface area (TPSA) is 94.3 Å². The van der Waals surface area contributed by atoms with Crippen LogP contribution in [0.3, 0.4) is 0 Å². The van der Waals surface area contributed by atoms with Crippen molar-refractivity contribution < 1.29 is 13.9 Å². The third-order valence-corrected chi connectivity index (χ3v) is 7.00. The van der Waals surface area contributed by atoms with E-state index in [-0.39, 0.29) is 18.1 Å². The zero-order valence-corrected chi connectivity index (χ0v) is 22.5. The SMILES string of the molecule is Cn1c(=O)c2c(nc(N3CCC[C@@H](NC(=O)OC(C)(C)C)C3)n2Cc2cc(F)ccc2Cl)c2cnccc21. The minimum absolute atomic E-state index is 0.143. The maximum absolute atomic E-state index is 14.2. The molecule has 1 aromatic carbocycles. The molecule has 1 atom stereocenters. The normalized spacial score (nSPS) is 16.3. The summed E-state index contributed by atoms with van der Waals surface area (Å²) in [5.41, 5.74) is 1.30. The predicted molar refractivity (Wildman–Crippen MR) is 145 cm³/mol. The number of nitrogens with zero attached hydrogens (tertiary/aromatic N) is 5. The molecule has 4 heterocycles. The van der Waals surface area contributed by atoms with E-state index in [1.54, 1.807) is 34.6 Å². The van der Waals surface area contributed by atoms with Gasteiger partial charge in [0.1, 0.15) is 22.5 Å². The van der Waals surface area contributed by atoms with Gasteiger partial charge in [-0.05, 0) is 63.4 Å². The van der Waals surface area contributed by atoms with Crippen LogP contribution in [0.1, 0.15) is 39.2 Å². The van der Waals surface area contributed by atoms with Crippen LogP contribution in [-0.4, -0.2) is 49.9 Å². The van der Waals surface area contributed by atoms with Crippen molar-refractivity contribution >= 4 is 45.6 Å². The van der Waals surface area contributed by atoms with Crippen LogP contribution in [0, 0.1) is 5.82 Å². The van der Waals surface area contributed by atoms with Gasteiger partial charge in [-0.3, -0.25) is 9.78 Å². The van der Waals surface area contributed by atoms with Crippen LogP contribution in [0.2, 0.25) is 5.02 Å². The van der Waals surface area contributed by atoms with Gasteiger partial charge < -0.3 is 24.1 Å². The van der Waals surface area contributed by atoms with Gasteiger partial charge in [0.2, 0.25) is 5.95 Å². The summed E-state index contributed by atoms with van der Waals surface area (Å²) in [5.74, 6) is 0.127. The number of hydrogen-bond acceptors (Lipinski definition) is 6. The molecular formula is C27H30ClFN6O3. The number of imidazole rings is 1. The second kappa shape index (κ2) is 9.90. The van der Waals surface area contributed by atoms with Crippen molar-refractivity contribution in [1.82, 2.24) is 24.4 Å². The number of piperidine rings is 1. The highest BCUT2D eigenvalue weighted by Gasteiger charge is 2.29. The van der Waals surface area contributed by atoms with Crippen molar-refractivity contribution in [1.29, 1.82) is 0 Å². The number of hydrogen-bond donors (Lipinski definition) is 1. The summed E-state index contributed by atoms with van der Waals surface area (Å²) in [7, 11) is 1.71. The Morgan fingerprint density at radius 3 is 2.84 bits per heavy atom. The van der Waals surface area contributed by atoms with Gasteiger partial charge in [0.25, 0.3) is 5.56 Å². The molecule has 1 aliphatic heterocycles. The van der Waals surface area contributed by atoms with E-state index < -0.39 is 17.5 Å². The number of halogens is 2. The minimum Gasteiger partial charge on any atom is -0.444 e. The maximum atomic E-state index is 14.2. The number of alkyl carbamates (subject to hydrolysis) is 1. The predicted octanol–water partition coefficient (Wildman–Crippen LogP) is 4.62. The van der Waals surface area contributed by atoms with Crippen LogP contribution < -0.4 is 15.8 Å². The molecule has 1 fully saturated rings. The zero-order chi connectivity index (χ0) is 27.2. The fourth-order valence-electron chi connectivity index (χ4n) is 4.95. The van der Waals surface area contributed by atoms with Crippen LogP contribution in [0.25, 0.3) is 21.9 Å². The largest absolute Gasteiger partial charge is 0.444 e. The Labute approximate surface area is 224 Å². The summed E-state index contributed by atoms with van der Waals surface area (Å²) in [6.07, 6.45) is 4.42. The van der Waals surface area contributed by atoms with Gasteiger partial charge in [0, 0.05) is 49.0 Å². The highest BCUT2D eigenvalue weighted by Crippen LogP contribution is 2.30. The fourth-order valence-corrected chi connectivity index (χ4v) is 5.13. The summed E-state index contributed by atoms with van der Waals surface area (Å²) in [5, 5.41) is 4.08. The standard InChI is InChI=1S/C27H30ClFN6O3/c1-27(2,3)38-26(37)31-18-6-5-11-34(15-18)25-32-22-19-13-30-10-9-21(19)33(4)24(36)23(22)35(25)14-16-12-17(29)7-8-20(16)28/h7-10,12-13,18H,5-6,11,14-15H2,1-4H3,(H,31,37)/t18-/m1/s1. The van der Waals surface area contributed by atoms with Crippen molar-refractivity contribution in [2.24, 2.45) is 7.05 Å². The number of ether oxygens (including phenoxy) is 1. The summed E-state index contributed by atoms with van der Waals surface area (Å²) < 4.78 is 23.0. The summed E-state index contributed by atoms with van der Waals surface area (Å²) >= 11 is 6.43. The van der Waals surface area contributed by atoms with E-state index in [4.69, 9.17) is 21.3 Å². The van der Waals surface area contributed by atoms with Crippen LogP contribution >= 0.6 is 11.6 Å². The van der Waals surface area contributed by atoms with Crippen LogP contribution in [0.15, 0.2) is 41.5 Å². The fraction of sp³-hybridized carbons (Fsp3) is 0.407. The first-order chi connectivity index (χ1) is 18.0. The number of anilines is 1. The Balaban J connectivity index is 1.61. The minimum atomic E-state index is -0.605. The smallest absolute Gasteiger partial charge is 0.407 e. The van der Waals surface area contributed by atoms with E-state index in [9.17, 15) is 14.0 Å². The molecule has 0 unspecified atom stereocenters. The first-order valence-electron chi connectivity index (χ1n) is 12.5. The van der Waals surface area contributed by atoms with Crippen LogP contribution in [-0.2, 0) is 18.3 Å². The molecular weight excluding hydrogens is 511 g/mol. The number of aromatic nitrogens is 4. The Kier molecular flexibility index (Phi) is 6.77. The number of nitrogens with one attached hydrogen (secondary N) is 1. The third-order valence-electron chi connectivity index (χ3n) is 6.63. The number of benzene rings is 1. The lowest BCUT2D eigenvalue weighted by Crippen LogP contribution is -2.49. The highest BCUT2D eigenvalue weighted by atomic mass is 35.5. The lowest BCUT2D eigenvalue weighted by molar-refractivity contribution is 0.0499. The lowest BCUT2D eigenvalue weighted by atomic mass is 10.1. The lowest BCUT2D eigenvalue weighted by Gasteiger charge is -2.34. The molecule has 0 spiro atoms. The molecule has 9 nitrogen and oxygen atoms in total. The van der Waals surface area contributed by atoms with E-state index in [1.807, 2.05) is 25.7 Å². The summed E-state index contributed by atoms with van der Waals surface area (Å²) in [6, 6.07) is 5.78. The zero-order valence-electron chi connectivity index (χ0n) is 21.8. The number of carbonyl (C=O) groups is 1. The van der Waals surface area contributed by atoms with Gasteiger partial charge in [0.05, 0.1) is 12.1 Å². The Morgan fingerprint density at radius 2 is 2.08 bits per heavy atom. The van der Waals surface area contributed by atoms with E-state index >= 15 is 0 Å². The van der Waals surface area contributed by atoms with Gasteiger partial charge in [-0.15, -0.1) is 0 Å². The summed E-state index contributed by atoms with van der Waals surface area (Å²) in [4.78, 5) is 37.3. The van der Waals surface area contributed by atoms with Gasteiger partial charge in [-0.2, -0.15) is 0 Å². The molecule has 4 aromatic rings. The Bertz CT molecular complexity index is 1590. The summed E-state index contributed by atoms with van der Waals surface area (Å²) in [6.45, 7) is 6.74. The second-order valence-electron chi connectivity index (χ2n) is 10.6. The van der Waals surface area contributed by atoms with E-state index in [0.717, 1.165) is 18.2 Å². The van der Waals surface area contributed by atoms with Gasteiger partial charge in [-0.1, -0.05) is 11.6 Å². The molecule has 1 N–H and O–H groups in total. The molecule has 0 aliphatic carbocycles. The average Bonchev–Trinajstić information content (AvgIpc) is 3.23. The highest BCUT2D eigenvalue weighted by molar-refractivity contribution is 6.31. The number of aryl methyl sites for hydroxylation is 1. The number of pyridine rings is 2. The van der Waals surface area contributed by atoms with Crippen molar-refractivity contribution in [2.75, 3.05) is 18.0 Å². The van der Waals surface area contributed by atoms with Gasteiger partial charge in [-0.25, -0.2) is 14.2 Å². The molecule has 1 saturated heterocycles. The molecule has 38 heavy (non-hydrogen) atoms. The molecule has 1 amide bonds. The molecule has 0 radical (unpaired) electrons. The molecule has 11 heteroatoms. The van der Waals surface area contributed by atoms with Crippen LogP contribution in [0.5, 0.6) is 0 Å².